The summed E-state index contributed by atoms with van der Waals surface area (Å²) in [5, 5.41) is 13.0. The van der Waals surface area contributed by atoms with E-state index < -0.39 is 0 Å². The molecule has 0 saturated heterocycles. The van der Waals surface area contributed by atoms with Crippen molar-refractivity contribution in [2.75, 3.05) is 19.0 Å². The van der Waals surface area contributed by atoms with Crippen LogP contribution in [-0.4, -0.2) is 19.6 Å². The van der Waals surface area contributed by atoms with Gasteiger partial charge in [-0.1, -0.05) is 6.07 Å². The van der Waals surface area contributed by atoms with Crippen LogP contribution in [0.25, 0.3) is 0 Å². The minimum Gasteiger partial charge on any atom is -0.496 e. The Labute approximate surface area is 120 Å². The van der Waals surface area contributed by atoms with Crippen LogP contribution in [-0.2, 0) is 0 Å². The maximum absolute atomic E-state index is 12.0. The number of methoxy groups -OCH3 is 1. The van der Waals surface area contributed by atoms with Crippen molar-refractivity contribution in [1.82, 2.24) is 0 Å². The van der Waals surface area contributed by atoms with Gasteiger partial charge in [0, 0.05) is 23.2 Å². The standard InChI is InChI=1S/C14H12N2O3S/c1-18-12-8-13(20-9-12)14(17)16-10-3-2-4-11(7-10)19-6-5-15/h2-4,7-9H,6H2,1H3,(H,16,17). The monoisotopic (exact) mass is 288 g/mol. The minimum atomic E-state index is -0.212. The summed E-state index contributed by atoms with van der Waals surface area (Å²) in [6, 6.07) is 10.5. The van der Waals surface area contributed by atoms with Crippen molar-refractivity contribution in [2.45, 2.75) is 0 Å². The Balaban J connectivity index is 2.05. The number of nitrogens with one attached hydrogen (secondary N) is 1. The van der Waals surface area contributed by atoms with Gasteiger partial charge in [0.25, 0.3) is 5.91 Å². The van der Waals surface area contributed by atoms with Crippen molar-refractivity contribution in [1.29, 1.82) is 5.26 Å². The van der Waals surface area contributed by atoms with Gasteiger partial charge < -0.3 is 14.8 Å². The van der Waals surface area contributed by atoms with E-state index >= 15 is 0 Å². The molecule has 0 atom stereocenters. The number of anilines is 1. The van der Waals surface area contributed by atoms with Crippen molar-refractivity contribution >= 4 is 22.9 Å². The number of carbonyl (C=O) groups excluding carboxylic acids is 1. The Morgan fingerprint density at radius 2 is 2.25 bits per heavy atom. The number of rotatable bonds is 5. The second-order valence-corrected chi connectivity index (χ2v) is 4.69. The number of hydrogen-bond donors (Lipinski definition) is 1. The van der Waals surface area contributed by atoms with Gasteiger partial charge in [-0.2, -0.15) is 5.26 Å². The highest BCUT2D eigenvalue weighted by molar-refractivity contribution is 7.12. The smallest absolute Gasteiger partial charge is 0.265 e. The lowest BCUT2D eigenvalue weighted by Crippen LogP contribution is -2.10. The van der Waals surface area contributed by atoms with Gasteiger partial charge in [0.05, 0.1) is 12.0 Å². The van der Waals surface area contributed by atoms with E-state index in [2.05, 4.69) is 5.32 Å². The number of nitrogens with zero attached hydrogens (tertiary/aromatic N) is 1. The summed E-state index contributed by atoms with van der Waals surface area (Å²) >= 11 is 1.31. The van der Waals surface area contributed by atoms with Crippen molar-refractivity contribution < 1.29 is 14.3 Å². The van der Waals surface area contributed by atoms with Gasteiger partial charge in [-0.25, -0.2) is 0 Å². The maximum atomic E-state index is 12.0. The van der Waals surface area contributed by atoms with Crippen LogP contribution in [0.1, 0.15) is 9.67 Å². The molecule has 1 N–H and O–H groups in total. The highest BCUT2D eigenvalue weighted by Gasteiger charge is 2.10. The SMILES string of the molecule is COc1csc(C(=O)Nc2cccc(OCC#N)c2)c1. The first kappa shape index (κ1) is 13.9. The number of nitriles is 1. The van der Waals surface area contributed by atoms with Crippen LogP contribution in [0.5, 0.6) is 11.5 Å². The van der Waals surface area contributed by atoms with Crippen molar-refractivity contribution in [2.24, 2.45) is 0 Å². The predicted molar refractivity (Wildman–Crippen MR) is 76.4 cm³/mol. The van der Waals surface area contributed by atoms with E-state index in [1.807, 2.05) is 6.07 Å². The Kier molecular flexibility index (Phi) is 4.58. The average Bonchev–Trinajstić information content (AvgIpc) is 2.94. The summed E-state index contributed by atoms with van der Waals surface area (Å²) in [7, 11) is 1.56. The molecule has 0 fully saturated rings. The molecule has 1 aromatic carbocycles. The van der Waals surface area contributed by atoms with Crippen LogP contribution in [0, 0.1) is 11.3 Å². The van der Waals surface area contributed by atoms with Gasteiger partial charge in [-0.05, 0) is 12.1 Å². The highest BCUT2D eigenvalue weighted by atomic mass is 32.1. The first-order valence-corrected chi connectivity index (χ1v) is 6.64. The molecule has 6 heteroatoms. The molecule has 2 aromatic rings. The summed E-state index contributed by atoms with van der Waals surface area (Å²) in [5.74, 6) is 0.982. The molecule has 0 aliphatic carbocycles. The van der Waals surface area contributed by atoms with Gasteiger partial charge >= 0.3 is 0 Å². The molecule has 0 bridgehead atoms. The molecule has 0 radical (unpaired) electrons. The van der Waals surface area contributed by atoms with Gasteiger partial charge in [-0.15, -0.1) is 11.3 Å². The van der Waals surface area contributed by atoms with E-state index in [0.29, 0.717) is 22.1 Å². The molecule has 1 amide bonds. The van der Waals surface area contributed by atoms with Crippen LogP contribution in [0.2, 0.25) is 0 Å². The molecule has 0 aliphatic rings. The minimum absolute atomic E-state index is 0.0283. The van der Waals surface area contributed by atoms with Gasteiger partial charge in [0.1, 0.15) is 17.6 Å². The summed E-state index contributed by atoms with van der Waals surface area (Å²) in [6.07, 6.45) is 0. The maximum Gasteiger partial charge on any atom is 0.265 e. The Morgan fingerprint density at radius 3 is 2.95 bits per heavy atom. The fraction of sp³-hybridized carbons (Fsp3) is 0.143. The van der Waals surface area contributed by atoms with Gasteiger partial charge in [0.2, 0.25) is 0 Å². The number of benzene rings is 1. The molecular formula is C14H12N2O3S. The van der Waals surface area contributed by atoms with E-state index in [4.69, 9.17) is 14.7 Å². The molecule has 2 rings (SSSR count). The molecule has 0 spiro atoms. The average molecular weight is 288 g/mol. The lowest BCUT2D eigenvalue weighted by molar-refractivity contribution is 0.103. The van der Waals surface area contributed by atoms with Crippen molar-refractivity contribution in [3.8, 4) is 17.6 Å². The van der Waals surface area contributed by atoms with Crippen molar-refractivity contribution in [3.05, 3.63) is 40.6 Å². The third kappa shape index (κ3) is 3.49. The second kappa shape index (κ2) is 6.59. The van der Waals surface area contributed by atoms with Crippen LogP contribution in [0.4, 0.5) is 5.69 Å². The quantitative estimate of drug-likeness (QED) is 0.918. The van der Waals surface area contributed by atoms with Crippen LogP contribution in [0.3, 0.4) is 0 Å². The zero-order valence-electron chi connectivity index (χ0n) is 10.8. The van der Waals surface area contributed by atoms with E-state index in [0.717, 1.165) is 0 Å². The lowest BCUT2D eigenvalue weighted by atomic mass is 10.3. The Bertz CT molecular complexity index is 646. The van der Waals surface area contributed by atoms with E-state index in [9.17, 15) is 4.79 Å². The third-order valence-electron chi connectivity index (χ3n) is 2.43. The topological polar surface area (TPSA) is 71.3 Å². The molecule has 102 valence electrons. The first-order valence-electron chi connectivity index (χ1n) is 5.76. The number of thiophene rings is 1. The van der Waals surface area contributed by atoms with Crippen LogP contribution < -0.4 is 14.8 Å². The van der Waals surface area contributed by atoms with Crippen molar-refractivity contribution in [3.63, 3.8) is 0 Å². The predicted octanol–water partition coefficient (Wildman–Crippen LogP) is 2.91. The second-order valence-electron chi connectivity index (χ2n) is 3.78. The number of ether oxygens (including phenoxy) is 2. The molecule has 0 unspecified atom stereocenters. The molecule has 5 nitrogen and oxygen atoms in total. The zero-order valence-corrected chi connectivity index (χ0v) is 11.6. The number of amides is 1. The zero-order chi connectivity index (χ0) is 14.4. The third-order valence-corrected chi connectivity index (χ3v) is 3.34. The van der Waals surface area contributed by atoms with Gasteiger partial charge in [-0.3, -0.25) is 4.79 Å². The van der Waals surface area contributed by atoms with E-state index in [1.165, 1.54) is 11.3 Å². The molecule has 1 aromatic heterocycles. The van der Waals surface area contributed by atoms with Crippen LogP contribution >= 0.6 is 11.3 Å². The summed E-state index contributed by atoms with van der Waals surface area (Å²) < 4.78 is 10.2. The largest absolute Gasteiger partial charge is 0.496 e. The summed E-state index contributed by atoms with van der Waals surface area (Å²) in [5.41, 5.74) is 0.609. The Hall–Kier alpha value is -2.52. The van der Waals surface area contributed by atoms with Crippen LogP contribution in [0.15, 0.2) is 35.7 Å². The van der Waals surface area contributed by atoms with E-state index in [1.54, 1.807) is 42.8 Å². The fourth-order valence-corrected chi connectivity index (χ4v) is 2.27. The van der Waals surface area contributed by atoms with Gasteiger partial charge in [0.15, 0.2) is 6.61 Å². The molecule has 1 heterocycles. The summed E-state index contributed by atoms with van der Waals surface area (Å²) in [4.78, 5) is 12.6. The molecular weight excluding hydrogens is 276 g/mol. The highest BCUT2D eigenvalue weighted by Crippen LogP contribution is 2.23. The van der Waals surface area contributed by atoms with E-state index in [-0.39, 0.29) is 12.5 Å². The Morgan fingerprint density at radius 1 is 1.40 bits per heavy atom. The first-order chi connectivity index (χ1) is 9.72. The number of carbonyl (C=O) groups is 1. The molecule has 0 aliphatic heterocycles. The lowest BCUT2D eigenvalue weighted by Gasteiger charge is -2.06. The normalized spacial score (nSPS) is 9.60. The summed E-state index contributed by atoms with van der Waals surface area (Å²) in [6.45, 7) is -0.0283. The fourth-order valence-electron chi connectivity index (χ4n) is 1.52. The number of hydrogen-bond acceptors (Lipinski definition) is 5. The molecule has 20 heavy (non-hydrogen) atoms. The molecule has 0 saturated carbocycles.